The Labute approximate surface area is 124 Å². The van der Waals surface area contributed by atoms with Crippen molar-refractivity contribution >= 4 is 38.9 Å². The summed E-state index contributed by atoms with van der Waals surface area (Å²) in [5.41, 5.74) is 2.05. The van der Waals surface area contributed by atoms with Crippen LogP contribution in [0.5, 0.6) is 0 Å². The van der Waals surface area contributed by atoms with Gasteiger partial charge in [-0.2, -0.15) is 0 Å². The smallest absolute Gasteiger partial charge is 0.337 e. The third-order valence-electron chi connectivity index (χ3n) is 2.72. The molecule has 19 heavy (non-hydrogen) atoms. The number of thiophene rings is 1. The Morgan fingerprint density at radius 2 is 2.16 bits per heavy atom. The molecule has 1 aromatic carbocycles. The van der Waals surface area contributed by atoms with Crippen molar-refractivity contribution in [1.29, 1.82) is 0 Å². The monoisotopic (exact) mass is 339 g/mol. The van der Waals surface area contributed by atoms with Gasteiger partial charge in [0.2, 0.25) is 0 Å². The molecule has 0 unspecified atom stereocenters. The number of hydrogen-bond acceptors (Lipinski definition) is 3. The van der Waals surface area contributed by atoms with E-state index in [0.717, 1.165) is 22.3 Å². The van der Waals surface area contributed by atoms with Crippen molar-refractivity contribution in [2.45, 2.75) is 13.3 Å². The summed E-state index contributed by atoms with van der Waals surface area (Å²) in [4.78, 5) is 12.4. The van der Waals surface area contributed by atoms with Gasteiger partial charge in [0, 0.05) is 17.1 Å². The lowest BCUT2D eigenvalue weighted by Gasteiger charge is -2.10. The standard InChI is InChI=1S/C14H14BrNO2S/c1-9-2-4-11(14(17)18)12(8-9)16-7-6-10-3-5-13(15)19-10/h2-5,8,16H,6-7H2,1H3,(H,17,18). The third-order valence-corrected chi connectivity index (χ3v) is 4.40. The average Bonchev–Trinajstić information content (AvgIpc) is 2.75. The van der Waals surface area contributed by atoms with Gasteiger partial charge >= 0.3 is 5.97 Å². The number of anilines is 1. The van der Waals surface area contributed by atoms with E-state index in [2.05, 4.69) is 27.3 Å². The molecule has 2 rings (SSSR count). The van der Waals surface area contributed by atoms with Gasteiger partial charge in [0.25, 0.3) is 0 Å². The molecule has 5 heteroatoms. The van der Waals surface area contributed by atoms with Crippen LogP contribution in [0.3, 0.4) is 0 Å². The highest BCUT2D eigenvalue weighted by molar-refractivity contribution is 9.11. The van der Waals surface area contributed by atoms with Crippen LogP contribution in [0.15, 0.2) is 34.1 Å². The molecule has 0 bridgehead atoms. The van der Waals surface area contributed by atoms with Gasteiger partial charge in [-0.3, -0.25) is 0 Å². The molecule has 0 amide bonds. The zero-order chi connectivity index (χ0) is 13.8. The summed E-state index contributed by atoms with van der Waals surface area (Å²) in [7, 11) is 0. The molecule has 0 aliphatic carbocycles. The Hall–Kier alpha value is -1.33. The summed E-state index contributed by atoms with van der Waals surface area (Å²) in [5, 5.41) is 12.3. The summed E-state index contributed by atoms with van der Waals surface area (Å²) < 4.78 is 1.12. The van der Waals surface area contributed by atoms with Crippen molar-refractivity contribution in [1.82, 2.24) is 0 Å². The van der Waals surface area contributed by atoms with Crippen molar-refractivity contribution < 1.29 is 9.90 Å². The minimum absolute atomic E-state index is 0.318. The molecule has 100 valence electrons. The molecule has 1 heterocycles. The Bertz CT molecular complexity index is 595. The predicted octanol–water partition coefficient (Wildman–Crippen LogP) is 4.17. The van der Waals surface area contributed by atoms with Crippen molar-refractivity contribution in [3.8, 4) is 0 Å². The number of carbonyl (C=O) groups is 1. The first kappa shape index (κ1) is 14.1. The maximum Gasteiger partial charge on any atom is 0.337 e. The average molecular weight is 340 g/mol. The summed E-state index contributed by atoms with van der Waals surface area (Å²) in [6, 6.07) is 9.42. The lowest BCUT2D eigenvalue weighted by Crippen LogP contribution is -2.09. The zero-order valence-electron chi connectivity index (χ0n) is 10.4. The summed E-state index contributed by atoms with van der Waals surface area (Å²) in [6.07, 6.45) is 0.878. The molecule has 0 saturated heterocycles. The second-order valence-corrected chi connectivity index (χ2v) is 6.78. The molecule has 0 fully saturated rings. The first-order chi connectivity index (χ1) is 9.06. The Morgan fingerprint density at radius 1 is 1.37 bits per heavy atom. The fourth-order valence-electron chi connectivity index (χ4n) is 1.80. The topological polar surface area (TPSA) is 49.3 Å². The van der Waals surface area contributed by atoms with E-state index in [1.807, 2.05) is 25.1 Å². The van der Waals surface area contributed by atoms with Crippen LogP contribution >= 0.6 is 27.3 Å². The highest BCUT2D eigenvalue weighted by Crippen LogP contribution is 2.23. The van der Waals surface area contributed by atoms with E-state index in [0.29, 0.717) is 11.3 Å². The largest absolute Gasteiger partial charge is 0.478 e. The summed E-state index contributed by atoms with van der Waals surface area (Å²) in [6.45, 7) is 2.67. The number of rotatable bonds is 5. The first-order valence-electron chi connectivity index (χ1n) is 5.88. The van der Waals surface area contributed by atoms with Crippen LogP contribution in [-0.2, 0) is 6.42 Å². The molecule has 0 saturated carbocycles. The molecular formula is C14H14BrNO2S. The molecule has 0 spiro atoms. The Morgan fingerprint density at radius 3 is 2.79 bits per heavy atom. The molecule has 0 radical (unpaired) electrons. The fourth-order valence-corrected chi connectivity index (χ4v) is 3.28. The molecular weight excluding hydrogens is 326 g/mol. The van der Waals surface area contributed by atoms with Crippen LogP contribution in [0.1, 0.15) is 20.8 Å². The van der Waals surface area contributed by atoms with E-state index < -0.39 is 5.97 Å². The van der Waals surface area contributed by atoms with Crippen LogP contribution in [0.25, 0.3) is 0 Å². The number of carboxylic acid groups (broad SMARTS) is 1. The normalized spacial score (nSPS) is 10.4. The van der Waals surface area contributed by atoms with Gasteiger partial charge in [-0.05, 0) is 59.1 Å². The second kappa shape index (κ2) is 6.21. The van der Waals surface area contributed by atoms with Crippen molar-refractivity contribution in [2.75, 3.05) is 11.9 Å². The zero-order valence-corrected chi connectivity index (χ0v) is 12.8. The Balaban J connectivity index is 2.02. The minimum Gasteiger partial charge on any atom is -0.478 e. The van der Waals surface area contributed by atoms with Gasteiger partial charge in [0.05, 0.1) is 9.35 Å². The number of aryl methyl sites for hydroxylation is 1. The quantitative estimate of drug-likeness (QED) is 0.859. The van der Waals surface area contributed by atoms with E-state index in [1.54, 1.807) is 17.4 Å². The second-order valence-electron chi connectivity index (χ2n) is 4.24. The molecule has 2 N–H and O–H groups in total. The van der Waals surface area contributed by atoms with Gasteiger partial charge < -0.3 is 10.4 Å². The van der Waals surface area contributed by atoms with Gasteiger partial charge in [-0.15, -0.1) is 11.3 Å². The van der Waals surface area contributed by atoms with E-state index >= 15 is 0 Å². The maximum absolute atomic E-state index is 11.1. The van der Waals surface area contributed by atoms with Gasteiger partial charge in [-0.25, -0.2) is 4.79 Å². The number of nitrogens with one attached hydrogen (secondary N) is 1. The van der Waals surface area contributed by atoms with Crippen LogP contribution in [0.4, 0.5) is 5.69 Å². The van der Waals surface area contributed by atoms with Crippen molar-refractivity contribution in [3.05, 3.63) is 50.1 Å². The van der Waals surface area contributed by atoms with Crippen LogP contribution in [0.2, 0.25) is 0 Å². The highest BCUT2D eigenvalue weighted by atomic mass is 79.9. The number of benzene rings is 1. The fraction of sp³-hybridized carbons (Fsp3) is 0.214. The maximum atomic E-state index is 11.1. The third kappa shape index (κ3) is 3.81. The molecule has 1 aromatic heterocycles. The SMILES string of the molecule is Cc1ccc(C(=O)O)c(NCCc2ccc(Br)s2)c1. The van der Waals surface area contributed by atoms with Gasteiger partial charge in [0.1, 0.15) is 0 Å². The Kier molecular flexibility index (Phi) is 4.61. The number of halogens is 1. The number of carboxylic acids is 1. The lowest BCUT2D eigenvalue weighted by atomic mass is 10.1. The minimum atomic E-state index is -0.902. The van der Waals surface area contributed by atoms with Crippen molar-refractivity contribution in [3.63, 3.8) is 0 Å². The van der Waals surface area contributed by atoms with Gasteiger partial charge in [0.15, 0.2) is 0 Å². The summed E-state index contributed by atoms with van der Waals surface area (Å²) >= 11 is 5.13. The van der Waals surface area contributed by atoms with Crippen LogP contribution in [0, 0.1) is 6.92 Å². The van der Waals surface area contributed by atoms with E-state index in [4.69, 9.17) is 5.11 Å². The lowest BCUT2D eigenvalue weighted by molar-refractivity contribution is 0.0698. The predicted molar refractivity (Wildman–Crippen MR) is 82.4 cm³/mol. The van der Waals surface area contributed by atoms with E-state index in [-0.39, 0.29) is 0 Å². The highest BCUT2D eigenvalue weighted by Gasteiger charge is 2.09. The first-order valence-corrected chi connectivity index (χ1v) is 7.49. The molecule has 0 aliphatic heterocycles. The van der Waals surface area contributed by atoms with Gasteiger partial charge in [-0.1, -0.05) is 6.07 Å². The number of aromatic carboxylic acids is 1. The molecule has 0 atom stereocenters. The van der Waals surface area contributed by atoms with E-state index in [9.17, 15) is 4.79 Å². The van der Waals surface area contributed by atoms with E-state index in [1.165, 1.54) is 4.88 Å². The number of hydrogen-bond donors (Lipinski definition) is 2. The van der Waals surface area contributed by atoms with Crippen LogP contribution in [-0.4, -0.2) is 17.6 Å². The van der Waals surface area contributed by atoms with Crippen LogP contribution < -0.4 is 5.32 Å². The molecule has 3 nitrogen and oxygen atoms in total. The van der Waals surface area contributed by atoms with Crippen molar-refractivity contribution in [2.24, 2.45) is 0 Å². The molecule has 0 aliphatic rings. The summed E-state index contributed by atoms with van der Waals surface area (Å²) in [5.74, 6) is -0.902. The molecule has 2 aromatic rings.